The van der Waals surface area contributed by atoms with E-state index in [0.717, 1.165) is 12.8 Å². The highest BCUT2D eigenvalue weighted by atomic mass is 32.2. The van der Waals surface area contributed by atoms with Crippen molar-refractivity contribution in [3.8, 4) is 0 Å². The van der Waals surface area contributed by atoms with Crippen LogP contribution < -0.4 is 21.9 Å². The number of hydrogen-bond donors (Lipinski definition) is 2. The van der Waals surface area contributed by atoms with E-state index in [4.69, 9.17) is 5.73 Å². The van der Waals surface area contributed by atoms with Crippen LogP contribution in [-0.2, 0) is 11.3 Å². The summed E-state index contributed by atoms with van der Waals surface area (Å²) in [6, 6.07) is 6.38. The summed E-state index contributed by atoms with van der Waals surface area (Å²) in [6.07, 6.45) is 2.33. The summed E-state index contributed by atoms with van der Waals surface area (Å²) in [6.45, 7) is 6.69. The molecule has 0 aliphatic heterocycles. The van der Waals surface area contributed by atoms with Crippen molar-refractivity contribution in [3.05, 3.63) is 50.9 Å². The van der Waals surface area contributed by atoms with Gasteiger partial charge in [-0.2, -0.15) is 0 Å². The SMILES string of the molecule is CCCCn1c(N)c(N(CCC(C)C)C(=O)CCSc2ccccc2F)c(=O)[nH]c1=O. The Morgan fingerprint density at radius 2 is 2.00 bits per heavy atom. The number of aromatic nitrogens is 2. The van der Waals surface area contributed by atoms with Gasteiger partial charge in [0.1, 0.15) is 11.6 Å². The lowest BCUT2D eigenvalue weighted by atomic mass is 10.1. The average Bonchev–Trinajstić information content (AvgIpc) is 2.71. The maximum atomic E-state index is 13.8. The van der Waals surface area contributed by atoms with Gasteiger partial charge in [0.2, 0.25) is 5.91 Å². The minimum atomic E-state index is -0.672. The first-order valence-corrected chi connectivity index (χ1v) is 11.5. The van der Waals surface area contributed by atoms with Gasteiger partial charge in [0.05, 0.1) is 0 Å². The number of nitrogens with zero attached hydrogens (tertiary/aromatic N) is 2. The van der Waals surface area contributed by atoms with Gasteiger partial charge < -0.3 is 10.6 Å². The molecule has 0 radical (unpaired) electrons. The van der Waals surface area contributed by atoms with Crippen LogP contribution in [0.25, 0.3) is 0 Å². The third-order valence-corrected chi connectivity index (χ3v) is 5.91. The predicted molar refractivity (Wildman–Crippen MR) is 124 cm³/mol. The fraction of sp³-hybridized carbons (Fsp3) is 0.500. The normalized spacial score (nSPS) is 11.1. The van der Waals surface area contributed by atoms with Crippen LogP contribution in [0.4, 0.5) is 15.9 Å². The molecular formula is C22H31FN4O3S. The molecule has 2 aromatic rings. The first-order valence-electron chi connectivity index (χ1n) is 10.6. The lowest BCUT2D eigenvalue weighted by molar-refractivity contribution is -0.118. The number of nitrogen functional groups attached to an aromatic ring is 1. The maximum absolute atomic E-state index is 13.8. The second-order valence-electron chi connectivity index (χ2n) is 7.76. The van der Waals surface area contributed by atoms with Gasteiger partial charge in [0.15, 0.2) is 5.69 Å². The monoisotopic (exact) mass is 450 g/mol. The number of H-pyrrole nitrogens is 1. The number of rotatable bonds is 11. The number of carbonyl (C=O) groups is 1. The molecule has 0 atom stereocenters. The highest BCUT2D eigenvalue weighted by molar-refractivity contribution is 7.99. The molecule has 1 amide bonds. The van der Waals surface area contributed by atoms with Crippen LogP contribution in [0.1, 0.15) is 46.5 Å². The van der Waals surface area contributed by atoms with E-state index in [9.17, 15) is 18.8 Å². The Hall–Kier alpha value is -2.55. The van der Waals surface area contributed by atoms with Crippen LogP contribution in [0.2, 0.25) is 0 Å². The van der Waals surface area contributed by atoms with E-state index in [2.05, 4.69) is 4.98 Å². The standard InChI is InChI=1S/C22H31FN4O3S/c1-4-5-12-27-20(24)19(21(29)25-22(27)30)26(13-10-15(2)3)18(28)11-14-31-17-9-7-6-8-16(17)23/h6-9,15H,4-5,10-14,24H2,1-3H3,(H,25,29,30). The number of aromatic amines is 1. The zero-order valence-corrected chi connectivity index (χ0v) is 19.1. The van der Waals surface area contributed by atoms with E-state index in [0.29, 0.717) is 36.1 Å². The van der Waals surface area contributed by atoms with Gasteiger partial charge in [-0.3, -0.25) is 19.1 Å². The van der Waals surface area contributed by atoms with Crippen LogP contribution in [0.15, 0.2) is 38.8 Å². The smallest absolute Gasteiger partial charge is 0.330 e. The topological polar surface area (TPSA) is 101 Å². The lowest BCUT2D eigenvalue weighted by Crippen LogP contribution is -2.42. The van der Waals surface area contributed by atoms with Crippen LogP contribution >= 0.6 is 11.8 Å². The molecule has 170 valence electrons. The molecule has 9 heteroatoms. The number of hydrogen-bond acceptors (Lipinski definition) is 5. The van der Waals surface area contributed by atoms with E-state index < -0.39 is 11.2 Å². The Labute approximate surface area is 185 Å². The molecule has 0 aliphatic carbocycles. The number of anilines is 2. The van der Waals surface area contributed by atoms with Crippen molar-refractivity contribution in [2.24, 2.45) is 5.92 Å². The molecule has 0 spiro atoms. The van der Waals surface area contributed by atoms with Crippen molar-refractivity contribution in [1.82, 2.24) is 9.55 Å². The highest BCUT2D eigenvalue weighted by Gasteiger charge is 2.24. The van der Waals surface area contributed by atoms with Crippen molar-refractivity contribution in [2.75, 3.05) is 22.9 Å². The van der Waals surface area contributed by atoms with Crippen molar-refractivity contribution in [3.63, 3.8) is 0 Å². The average molecular weight is 451 g/mol. The minimum absolute atomic E-state index is 0.000984. The number of benzene rings is 1. The van der Waals surface area contributed by atoms with Gasteiger partial charge in [-0.05, 0) is 30.9 Å². The van der Waals surface area contributed by atoms with E-state index in [-0.39, 0.29) is 29.7 Å². The summed E-state index contributed by atoms with van der Waals surface area (Å²) < 4.78 is 15.1. The van der Waals surface area contributed by atoms with Gasteiger partial charge in [-0.25, -0.2) is 9.18 Å². The Bertz CT molecular complexity index is 1000. The number of halogens is 1. The number of nitrogens with two attached hydrogens (primary N) is 1. The van der Waals surface area contributed by atoms with Gasteiger partial charge in [0.25, 0.3) is 5.56 Å². The Kier molecular flexibility index (Phi) is 9.36. The highest BCUT2D eigenvalue weighted by Crippen LogP contribution is 2.24. The number of carbonyl (C=O) groups excluding carboxylic acids is 1. The molecule has 1 heterocycles. The van der Waals surface area contributed by atoms with Crippen LogP contribution in [0.5, 0.6) is 0 Å². The summed E-state index contributed by atoms with van der Waals surface area (Å²) >= 11 is 1.24. The molecule has 0 bridgehead atoms. The van der Waals surface area contributed by atoms with Gasteiger partial charge in [-0.1, -0.05) is 39.3 Å². The van der Waals surface area contributed by atoms with Crippen LogP contribution in [-0.4, -0.2) is 27.8 Å². The van der Waals surface area contributed by atoms with Gasteiger partial charge in [0, 0.05) is 30.2 Å². The van der Waals surface area contributed by atoms with Gasteiger partial charge in [-0.15, -0.1) is 11.8 Å². The Morgan fingerprint density at radius 1 is 1.29 bits per heavy atom. The summed E-state index contributed by atoms with van der Waals surface area (Å²) in [4.78, 5) is 42.0. The van der Waals surface area contributed by atoms with Crippen molar-refractivity contribution < 1.29 is 9.18 Å². The fourth-order valence-electron chi connectivity index (χ4n) is 3.07. The number of thioether (sulfide) groups is 1. The summed E-state index contributed by atoms with van der Waals surface area (Å²) in [7, 11) is 0. The minimum Gasteiger partial charge on any atom is -0.383 e. The van der Waals surface area contributed by atoms with Crippen LogP contribution in [0, 0.1) is 11.7 Å². The van der Waals surface area contributed by atoms with Crippen molar-refractivity contribution in [2.45, 2.75) is 57.9 Å². The third kappa shape index (κ3) is 6.72. The third-order valence-electron chi connectivity index (χ3n) is 4.86. The zero-order valence-electron chi connectivity index (χ0n) is 18.3. The van der Waals surface area contributed by atoms with Crippen LogP contribution in [0.3, 0.4) is 0 Å². The first-order chi connectivity index (χ1) is 14.8. The lowest BCUT2D eigenvalue weighted by Gasteiger charge is -2.25. The molecule has 0 aliphatic rings. The molecule has 7 nitrogen and oxygen atoms in total. The van der Waals surface area contributed by atoms with E-state index >= 15 is 0 Å². The molecule has 0 saturated heterocycles. The molecule has 1 aromatic carbocycles. The maximum Gasteiger partial charge on any atom is 0.330 e. The molecule has 31 heavy (non-hydrogen) atoms. The van der Waals surface area contributed by atoms with Crippen molar-refractivity contribution >= 4 is 29.2 Å². The zero-order chi connectivity index (χ0) is 23.0. The fourth-order valence-corrected chi connectivity index (χ4v) is 3.95. The summed E-state index contributed by atoms with van der Waals surface area (Å²) in [5, 5.41) is 0. The molecule has 0 saturated carbocycles. The molecular weight excluding hydrogens is 419 g/mol. The van der Waals surface area contributed by atoms with E-state index in [1.807, 2.05) is 20.8 Å². The first kappa shape index (κ1) is 24.7. The Morgan fingerprint density at radius 3 is 2.65 bits per heavy atom. The summed E-state index contributed by atoms with van der Waals surface area (Å²) in [5.41, 5.74) is 4.97. The summed E-state index contributed by atoms with van der Waals surface area (Å²) in [5.74, 6) is 0.0312. The quantitative estimate of drug-likeness (QED) is 0.509. The molecule has 1 aromatic heterocycles. The van der Waals surface area contributed by atoms with Gasteiger partial charge >= 0.3 is 5.69 Å². The number of nitrogens with one attached hydrogen (secondary N) is 1. The van der Waals surface area contributed by atoms with E-state index in [1.54, 1.807) is 18.2 Å². The predicted octanol–water partition coefficient (Wildman–Crippen LogP) is 3.62. The Balaban J connectivity index is 2.28. The second-order valence-corrected chi connectivity index (χ2v) is 8.89. The number of amides is 1. The second kappa shape index (κ2) is 11.7. The van der Waals surface area contributed by atoms with E-state index in [1.165, 1.54) is 27.3 Å². The molecule has 2 rings (SSSR count). The number of unbranched alkanes of at least 4 members (excludes halogenated alkanes) is 1. The molecule has 0 unspecified atom stereocenters. The molecule has 0 fully saturated rings. The molecule has 3 N–H and O–H groups in total. The van der Waals surface area contributed by atoms with Crippen molar-refractivity contribution in [1.29, 1.82) is 0 Å². The largest absolute Gasteiger partial charge is 0.383 e.